The molecule has 0 aliphatic carbocycles. The number of carbonyl (C=O) groups is 3. The number of hydrogen-bond donors (Lipinski definition) is 0. The molecule has 0 N–H and O–H groups in total. The summed E-state index contributed by atoms with van der Waals surface area (Å²) in [5.74, 6) is -0.425. The predicted molar refractivity (Wildman–Crippen MR) is 146 cm³/mol. The number of carbonyl (C=O) groups excluding carboxylic acids is 3. The van der Waals surface area contributed by atoms with Crippen LogP contribution in [0.4, 0.5) is 4.79 Å². The van der Waals surface area contributed by atoms with Crippen LogP contribution < -0.4 is 4.74 Å². The van der Waals surface area contributed by atoms with Crippen molar-refractivity contribution in [3.63, 3.8) is 0 Å². The van der Waals surface area contributed by atoms with Gasteiger partial charge in [-0.25, -0.2) is 4.79 Å². The number of benzene rings is 4. The maximum Gasteiger partial charge on any atom is 0.344 e. The van der Waals surface area contributed by atoms with Crippen molar-refractivity contribution in [2.45, 2.75) is 13.5 Å². The summed E-state index contributed by atoms with van der Waals surface area (Å²) in [7, 11) is 0. The topological polar surface area (TPSA) is 63.7 Å². The molecule has 178 valence electrons. The van der Waals surface area contributed by atoms with E-state index in [-0.39, 0.29) is 17.7 Å². The Kier molecular flexibility index (Phi) is 6.76. The molecule has 5 nitrogen and oxygen atoms in total. The molecule has 0 aromatic heterocycles. The number of rotatable bonds is 5. The van der Waals surface area contributed by atoms with Gasteiger partial charge in [-0.2, -0.15) is 0 Å². The van der Waals surface area contributed by atoms with Gasteiger partial charge in [0.25, 0.3) is 11.1 Å². The summed E-state index contributed by atoms with van der Waals surface area (Å²) in [6.07, 6.45) is 1.67. The van der Waals surface area contributed by atoms with E-state index in [2.05, 4.69) is 15.9 Å². The fourth-order valence-electron chi connectivity index (χ4n) is 3.99. The molecular weight excluding hydrogens is 538 g/mol. The van der Waals surface area contributed by atoms with Gasteiger partial charge in [0.2, 0.25) is 0 Å². The third-order valence-electron chi connectivity index (χ3n) is 5.93. The molecule has 1 heterocycles. The molecule has 0 saturated carbocycles. The van der Waals surface area contributed by atoms with E-state index in [0.29, 0.717) is 26.3 Å². The van der Waals surface area contributed by atoms with E-state index in [1.54, 1.807) is 30.3 Å². The molecule has 0 spiro atoms. The Hall–Kier alpha value is -3.68. The average Bonchev–Trinajstić information content (AvgIpc) is 3.13. The molecule has 0 bridgehead atoms. The zero-order valence-electron chi connectivity index (χ0n) is 19.2. The van der Waals surface area contributed by atoms with Crippen molar-refractivity contribution in [1.29, 1.82) is 0 Å². The van der Waals surface area contributed by atoms with E-state index in [1.807, 2.05) is 67.6 Å². The van der Waals surface area contributed by atoms with Crippen LogP contribution in [0.25, 0.3) is 16.8 Å². The van der Waals surface area contributed by atoms with Crippen LogP contribution in [0.1, 0.15) is 27.0 Å². The van der Waals surface area contributed by atoms with Gasteiger partial charge < -0.3 is 4.74 Å². The molecule has 36 heavy (non-hydrogen) atoms. The standard InChI is InChI=1S/C29H20BrNO4S/c1-18-7-2-3-9-21(18)17-31-27(32)26(36-29(31)34)16-19-13-14-25(24(30)15-19)35-28(33)23-12-6-10-20-8-4-5-11-22(20)23/h2-16H,17H2,1H3/b26-16-. The second kappa shape index (κ2) is 10.1. The minimum atomic E-state index is -0.461. The van der Waals surface area contributed by atoms with E-state index in [1.165, 1.54) is 4.90 Å². The number of imide groups is 1. The minimum absolute atomic E-state index is 0.238. The molecule has 7 heteroatoms. The van der Waals surface area contributed by atoms with Gasteiger partial charge >= 0.3 is 5.97 Å². The number of hydrogen-bond acceptors (Lipinski definition) is 5. The fraction of sp³-hybridized carbons (Fsp3) is 0.0690. The number of ether oxygens (including phenoxy) is 1. The van der Waals surface area contributed by atoms with E-state index in [0.717, 1.165) is 33.7 Å². The van der Waals surface area contributed by atoms with Crippen molar-refractivity contribution < 1.29 is 19.1 Å². The highest BCUT2D eigenvalue weighted by Gasteiger charge is 2.35. The third-order valence-corrected chi connectivity index (χ3v) is 7.46. The Bertz CT molecular complexity index is 1560. The highest BCUT2D eigenvalue weighted by molar-refractivity contribution is 9.10. The van der Waals surface area contributed by atoms with Gasteiger partial charge in [-0.05, 0) is 86.4 Å². The lowest BCUT2D eigenvalue weighted by Gasteiger charge is -2.14. The Balaban J connectivity index is 1.33. The van der Waals surface area contributed by atoms with E-state index in [9.17, 15) is 14.4 Å². The summed E-state index contributed by atoms with van der Waals surface area (Å²) in [4.78, 5) is 40.0. The van der Waals surface area contributed by atoms with Gasteiger partial charge in [-0.1, -0.05) is 66.7 Å². The van der Waals surface area contributed by atoms with Crippen molar-refractivity contribution in [3.05, 3.63) is 117 Å². The molecule has 0 atom stereocenters. The maximum atomic E-state index is 12.9. The summed E-state index contributed by atoms with van der Waals surface area (Å²) in [6, 6.07) is 26.0. The molecule has 1 saturated heterocycles. The Morgan fingerprint density at radius 3 is 2.53 bits per heavy atom. The first-order valence-corrected chi connectivity index (χ1v) is 12.8. The minimum Gasteiger partial charge on any atom is -0.422 e. The maximum absolute atomic E-state index is 12.9. The summed E-state index contributed by atoms with van der Waals surface area (Å²) in [5, 5.41) is 1.48. The third kappa shape index (κ3) is 4.85. The summed E-state index contributed by atoms with van der Waals surface area (Å²) >= 11 is 4.38. The second-order valence-electron chi connectivity index (χ2n) is 8.30. The van der Waals surface area contributed by atoms with E-state index in [4.69, 9.17) is 4.74 Å². The number of halogens is 1. The van der Waals surface area contributed by atoms with Gasteiger partial charge in [0, 0.05) is 0 Å². The number of aryl methyl sites for hydroxylation is 1. The van der Waals surface area contributed by atoms with Crippen molar-refractivity contribution in [2.75, 3.05) is 0 Å². The van der Waals surface area contributed by atoms with Gasteiger partial charge in [0.05, 0.1) is 21.5 Å². The Morgan fingerprint density at radius 2 is 1.72 bits per heavy atom. The first-order valence-electron chi connectivity index (χ1n) is 11.2. The lowest BCUT2D eigenvalue weighted by atomic mass is 10.0. The van der Waals surface area contributed by atoms with E-state index < -0.39 is 5.97 Å². The monoisotopic (exact) mass is 557 g/mol. The molecule has 5 rings (SSSR count). The molecule has 4 aromatic rings. The highest BCUT2D eigenvalue weighted by Crippen LogP contribution is 2.35. The lowest BCUT2D eigenvalue weighted by Crippen LogP contribution is -2.27. The van der Waals surface area contributed by atoms with Crippen molar-refractivity contribution in [2.24, 2.45) is 0 Å². The highest BCUT2D eigenvalue weighted by atomic mass is 79.9. The van der Waals surface area contributed by atoms with Gasteiger partial charge in [-0.3, -0.25) is 14.5 Å². The summed E-state index contributed by atoms with van der Waals surface area (Å²) < 4.78 is 6.22. The number of esters is 1. The van der Waals surface area contributed by atoms with Gasteiger partial charge in [0.1, 0.15) is 5.75 Å². The van der Waals surface area contributed by atoms with Crippen LogP contribution >= 0.6 is 27.7 Å². The smallest absolute Gasteiger partial charge is 0.344 e. The zero-order valence-corrected chi connectivity index (χ0v) is 21.6. The summed E-state index contributed by atoms with van der Waals surface area (Å²) in [5.41, 5.74) is 3.14. The van der Waals surface area contributed by atoms with Crippen molar-refractivity contribution in [3.8, 4) is 5.75 Å². The van der Waals surface area contributed by atoms with Crippen LogP contribution in [-0.4, -0.2) is 22.0 Å². The summed E-state index contributed by atoms with van der Waals surface area (Å²) in [6.45, 7) is 2.19. The Morgan fingerprint density at radius 1 is 0.972 bits per heavy atom. The van der Waals surface area contributed by atoms with Gasteiger partial charge in [0.15, 0.2) is 0 Å². The first kappa shape index (κ1) is 24.0. The normalized spacial score (nSPS) is 14.6. The zero-order chi connectivity index (χ0) is 25.2. The molecule has 1 aliphatic rings. The van der Waals surface area contributed by atoms with Crippen LogP contribution in [0.2, 0.25) is 0 Å². The average molecular weight is 558 g/mol. The number of fused-ring (bicyclic) bond motifs is 1. The largest absolute Gasteiger partial charge is 0.422 e. The molecule has 1 aliphatic heterocycles. The van der Waals surface area contributed by atoms with Crippen LogP contribution in [-0.2, 0) is 11.3 Å². The molecule has 4 aromatic carbocycles. The molecule has 1 fully saturated rings. The first-order chi connectivity index (χ1) is 17.4. The quantitative estimate of drug-likeness (QED) is 0.145. The van der Waals surface area contributed by atoms with Crippen LogP contribution in [0, 0.1) is 6.92 Å². The predicted octanol–water partition coefficient (Wildman–Crippen LogP) is 7.37. The van der Waals surface area contributed by atoms with Gasteiger partial charge in [-0.15, -0.1) is 0 Å². The number of nitrogens with zero attached hydrogens (tertiary/aromatic N) is 1. The molecular formula is C29H20BrNO4S. The molecule has 0 radical (unpaired) electrons. The number of thioether (sulfide) groups is 1. The molecule has 2 amide bonds. The van der Waals surface area contributed by atoms with E-state index >= 15 is 0 Å². The lowest BCUT2D eigenvalue weighted by molar-refractivity contribution is -0.123. The number of amides is 2. The second-order valence-corrected chi connectivity index (χ2v) is 10.1. The van der Waals surface area contributed by atoms with Crippen LogP contribution in [0.3, 0.4) is 0 Å². The Labute approximate surface area is 220 Å². The fourth-order valence-corrected chi connectivity index (χ4v) is 5.31. The van der Waals surface area contributed by atoms with Crippen LogP contribution in [0.5, 0.6) is 5.75 Å². The SMILES string of the molecule is Cc1ccccc1CN1C(=O)S/C(=C\c2ccc(OC(=O)c3cccc4ccccc34)c(Br)c2)C1=O. The van der Waals surface area contributed by atoms with Crippen molar-refractivity contribution >= 4 is 61.7 Å². The van der Waals surface area contributed by atoms with Crippen molar-refractivity contribution in [1.82, 2.24) is 4.90 Å². The molecule has 0 unspecified atom stereocenters. The van der Waals surface area contributed by atoms with Crippen LogP contribution in [0.15, 0.2) is 94.3 Å².